The minimum atomic E-state index is -0.712. The fraction of sp³-hybridized carbons (Fsp3) is 0.263. The molecule has 2 aromatic carbocycles. The number of methoxy groups -OCH3 is 1. The Labute approximate surface area is 153 Å². The van der Waals surface area contributed by atoms with Crippen molar-refractivity contribution in [2.75, 3.05) is 19.0 Å². The van der Waals surface area contributed by atoms with Crippen LogP contribution in [-0.2, 0) is 22.4 Å². The number of esters is 1. The average Bonchev–Trinajstić information content (AvgIpc) is 3.09. The molecule has 1 aliphatic rings. The Hall–Kier alpha value is -2.53. The summed E-state index contributed by atoms with van der Waals surface area (Å²) in [4.78, 5) is 24.5. The third kappa shape index (κ3) is 4.51. The molecular weight excluding hydrogens is 340 g/mol. The Balaban J connectivity index is 0.00000225. The van der Waals surface area contributed by atoms with E-state index in [-0.39, 0.29) is 18.3 Å². The predicted octanol–water partition coefficient (Wildman–Crippen LogP) is 2.59. The van der Waals surface area contributed by atoms with Crippen LogP contribution in [0.4, 0.5) is 5.69 Å². The molecule has 0 saturated heterocycles. The lowest BCUT2D eigenvalue weighted by Crippen LogP contribution is -2.43. The number of halogens is 1. The summed E-state index contributed by atoms with van der Waals surface area (Å²) in [6.07, 6.45) is 1.30. The maximum Gasteiger partial charge on any atom is 0.328 e. The third-order valence-electron chi connectivity index (χ3n) is 4.15. The molecule has 1 amide bonds. The molecule has 6 heteroatoms. The molecule has 2 aromatic rings. The van der Waals surface area contributed by atoms with Gasteiger partial charge >= 0.3 is 5.97 Å². The summed E-state index contributed by atoms with van der Waals surface area (Å²) in [5, 5.41) is 6.05. The molecule has 0 spiro atoms. The standard InChI is InChI=1S/C19H20N2O3.ClH/c1-24-19(23)17(11-13-5-3-2-4-6-13)21-18(22)15-7-8-16-14(12-15)9-10-20-16;/h2-8,12,17,20H,9-11H2,1H3,(H,21,22);1H. The minimum Gasteiger partial charge on any atom is -0.467 e. The highest BCUT2D eigenvalue weighted by molar-refractivity contribution is 5.97. The molecule has 2 N–H and O–H groups in total. The lowest BCUT2D eigenvalue weighted by Gasteiger charge is -2.17. The number of amides is 1. The highest BCUT2D eigenvalue weighted by atomic mass is 35.5. The lowest BCUT2D eigenvalue weighted by atomic mass is 10.0. The Morgan fingerprint density at radius 3 is 2.68 bits per heavy atom. The topological polar surface area (TPSA) is 67.4 Å². The number of carbonyl (C=O) groups excluding carboxylic acids is 2. The first-order chi connectivity index (χ1) is 11.7. The van der Waals surface area contributed by atoms with Gasteiger partial charge in [0.2, 0.25) is 0 Å². The second kappa shape index (κ2) is 8.53. The summed E-state index contributed by atoms with van der Waals surface area (Å²) in [5.74, 6) is -0.717. The van der Waals surface area contributed by atoms with Crippen LogP contribution in [0.3, 0.4) is 0 Å². The average molecular weight is 361 g/mol. The van der Waals surface area contributed by atoms with Gasteiger partial charge in [0, 0.05) is 24.2 Å². The fourth-order valence-electron chi connectivity index (χ4n) is 2.87. The van der Waals surface area contributed by atoms with Gasteiger partial charge < -0.3 is 15.4 Å². The van der Waals surface area contributed by atoms with Gasteiger partial charge in [0.15, 0.2) is 0 Å². The van der Waals surface area contributed by atoms with Crippen molar-refractivity contribution in [3.05, 3.63) is 65.2 Å². The summed E-state index contributed by atoms with van der Waals surface area (Å²) >= 11 is 0. The monoisotopic (exact) mass is 360 g/mol. The number of carbonyl (C=O) groups is 2. The molecule has 0 bridgehead atoms. The van der Waals surface area contributed by atoms with Gasteiger partial charge in [-0.05, 0) is 35.7 Å². The van der Waals surface area contributed by atoms with Gasteiger partial charge in [0.25, 0.3) is 5.91 Å². The van der Waals surface area contributed by atoms with Crippen molar-refractivity contribution >= 4 is 30.0 Å². The van der Waals surface area contributed by atoms with E-state index in [9.17, 15) is 9.59 Å². The Morgan fingerprint density at radius 1 is 1.20 bits per heavy atom. The third-order valence-corrected chi connectivity index (χ3v) is 4.15. The van der Waals surface area contributed by atoms with Crippen LogP contribution < -0.4 is 10.6 Å². The first kappa shape index (κ1) is 18.8. The Kier molecular flexibility index (Phi) is 6.42. The largest absolute Gasteiger partial charge is 0.467 e. The van der Waals surface area contributed by atoms with Crippen LogP contribution in [0.1, 0.15) is 21.5 Å². The smallest absolute Gasteiger partial charge is 0.328 e. The second-order valence-corrected chi connectivity index (χ2v) is 5.79. The van der Waals surface area contributed by atoms with E-state index >= 15 is 0 Å². The van der Waals surface area contributed by atoms with E-state index in [0.29, 0.717) is 12.0 Å². The van der Waals surface area contributed by atoms with Gasteiger partial charge in [-0.2, -0.15) is 0 Å². The van der Waals surface area contributed by atoms with E-state index < -0.39 is 12.0 Å². The van der Waals surface area contributed by atoms with Crippen LogP contribution in [0.2, 0.25) is 0 Å². The summed E-state index contributed by atoms with van der Waals surface area (Å²) in [6.45, 7) is 0.888. The Bertz CT molecular complexity index is 750. The molecular formula is C19H21ClN2O3. The molecule has 1 aliphatic heterocycles. The van der Waals surface area contributed by atoms with Crippen LogP contribution >= 0.6 is 12.4 Å². The number of nitrogens with one attached hydrogen (secondary N) is 2. The van der Waals surface area contributed by atoms with E-state index in [4.69, 9.17) is 4.74 Å². The van der Waals surface area contributed by atoms with Crippen molar-refractivity contribution in [1.82, 2.24) is 5.32 Å². The van der Waals surface area contributed by atoms with Crippen molar-refractivity contribution in [2.45, 2.75) is 18.9 Å². The summed E-state index contributed by atoms with van der Waals surface area (Å²) in [7, 11) is 1.33. The molecule has 3 rings (SSSR count). The van der Waals surface area contributed by atoms with Crippen LogP contribution in [0.15, 0.2) is 48.5 Å². The molecule has 1 heterocycles. The van der Waals surface area contributed by atoms with E-state index in [0.717, 1.165) is 29.8 Å². The van der Waals surface area contributed by atoms with Crippen molar-refractivity contribution in [2.24, 2.45) is 0 Å². The molecule has 1 atom stereocenters. The maximum absolute atomic E-state index is 12.5. The SMILES string of the molecule is COC(=O)C(Cc1ccccc1)NC(=O)c1ccc2c(c1)CCN2.Cl. The van der Waals surface area contributed by atoms with Gasteiger partial charge in [0.05, 0.1) is 7.11 Å². The number of benzene rings is 2. The number of hydrogen-bond donors (Lipinski definition) is 2. The molecule has 0 aliphatic carbocycles. The number of hydrogen-bond acceptors (Lipinski definition) is 4. The summed E-state index contributed by atoms with van der Waals surface area (Å²) in [5.41, 5.74) is 3.71. The summed E-state index contributed by atoms with van der Waals surface area (Å²) < 4.78 is 4.83. The van der Waals surface area contributed by atoms with Gasteiger partial charge in [-0.1, -0.05) is 30.3 Å². The summed E-state index contributed by atoms with van der Waals surface area (Å²) in [6, 6.07) is 14.4. The second-order valence-electron chi connectivity index (χ2n) is 5.79. The van der Waals surface area contributed by atoms with Crippen LogP contribution in [-0.4, -0.2) is 31.6 Å². The molecule has 25 heavy (non-hydrogen) atoms. The highest BCUT2D eigenvalue weighted by Crippen LogP contribution is 2.23. The molecule has 0 radical (unpaired) electrons. The van der Waals surface area contributed by atoms with Crippen molar-refractivity contribution in [3.8, 4) is 0 Å². The zero-order valence-corrected chi connectivity index (χ0v) is 14.8. The van der Waals surface area contributed by atoms with Gasteiger partial charge in [-0.3, -0.25) is 4.79 Å². The predicted molar refractivity (Wildman–Crippen MR) is 99.3 cm³/mol. The lowest BCUT2D eigenvalue weighted by molar-refractivity contribution is -0.142. The number of ether oxygens (including phenoxy) is 1. The van der Waals surface area contributed by atoms with E-state index in [1.54, 1.807) is 6.07 Å². The zero-order valence-electron chi connectivity index (χ0n) is 14.0. The zero-order chi connectivity index (χ0) is 16.9. The number of anilines is 1. The molecule has 1 unspecified atom stereocenters. The number of fused-ring (bicyclic) bond motifs is 1. The maximum atomic E-state index is 12.5. The molecule has 0 saturated carbocycles. The van der Waals surface area contributed by atoms with E-state index in [2.05, 4.69) is 10.6 Å². The first-order valence-electron chi connectivity index (χ1n) is 7.97. The van der Waals surface area contributed by atoms with Crippen molar-refractivity contribution in [1.29, 1.82) is 0 Å². The van der Waals surface area contributed by atoms with Crippen molar-refractivity contribution in [3.63, 3.8) is 0 Å². The van der Waals surface area contributed by atoms with Gasteiger partial charge in [0.1, 0.15) is 6.04 Å². The molecule has 0 aromatic heterocycles. The van der Waals surface area contributed by atoms with E-state index in [1.165, 1.54) is 7.11 Å². The quantitative estimate of drug-likeness (QED) is 0.804. The van der Waals surface area contributed by atoms with Gasteiger partial charge in [-0.25, -0.2) is 4.79 Å². The van der Waals surface area contributed by atoms with Crippen LogP contribution in [0.25, 0.3) is 0 Å². The first-order valence-corrected chi connectivity index (χ1v) is 7.97. The van der Waals surface area contributed by atoms with E-state index in [1.807, 2.05) is 42.5 Å². The van der Waals surface area contributed by atoms with Crippen molar-refractivity contribution < 1.29 is 14.3 Å². The van der Waals surface area contributed by atoms with Crippen LogP contribution in [0, 0.1) is 0 Å². The Morgan fingerprint density at radius 2 is 1.96 bits per heavy atom. The normalized spacial score (nSPS) is 13.0. The number of rotatable bonds is 5. The fourth-order valence-corrected chi connectivity index (χ4v) is 2.87. The molecule has 0 fully saturated rings. The highest BCUT2D eigenvalue weighted by Gasteiger charge is 2.23. The van der Waals surface area contributed by atoms with Gasteiger partial charge in [-0.15, -0.1) is 12.4 Å². The molecule has 132 valence electrons. The molecule has 5 nitrogen and oxygen atoms in total. The van der Waals surface area contributed by atoms with Crippen LogP contribution in [0.5, 0.6) is 0 Å². The minimum absolute atomic E-state index is 0.